The molecular weight excluding hydrogens is 138 g/mol. The van der Waals surface area contributed by atoms with Gasteiger partial charge in [-0.3, -0.25) is 0 Å². The average molecular weight is 159 g/mol. The summed E-state index contributed by atoms with van der Waals surface area (Å²) in [6.07, 6.45) is 6.28. The second-order valence-electron chi connectivity index (χ2n) is 3.30. The first-order valence-corrected chi connectivity index (χ1v) is 4.68. The standard InChI is InChI=1S/C9H21NO/c1-3-4-6-9(2)7-5-8-10-11/h9-11H,3-8H2,1-2H3. The molecule has 0 bridgehead atoms. The largest absolute Gasteiger partial charge is 0.317 e. The third-order valence-electron chi connectivity index (χ3n) is 2.04. The van der Waals surface area contributed by atoms with Crippen LogP contribution >= 0.6 is 0 Å². The third kappa shape index (κ3) is 7.82. The quantitative estimate of drug-likeness (QED) is 0.442. The highest BCUT2D eigenvalue weighted by Gasteiger charge is 1.99. The second kappa shape index (κ2) is 8.02. The Kier molecular flexibility index (Phi) is 7.96. The first-order valence-electron chi connectivity index (χ1n) is 4.68. The van der Waals surface area contributed by atoms with Crippen molar-refractivity contribution < 1.29 is 5.21 Å². The van der Waals surface area contributed by atoms with Gasteiger partial charge in [-0.25, -0.2) is 5.48 Å². The highest BCUT2D eigenvalue weighted by Crippen LogP contribution is 2.12. The summed E-state index contributed by atoms with van der Waals surface area (Å²) in [6, 6.07) is 0. The van der Waals surface area contributed by atoms with Crippen LogP contribution in [-0.4, -0.2) is 11.8 Å². The van der Waals surface area contributed by atoms with Gasteiger partial charge in [-0.15, -0.1) is 0 Å². The van der Waals surface area contributed by atoms with Crippen LogP contribution in [0.4, 0.5) is 0 Å². The van der Waals surface area contributed by atoms with E-state index in [9.17, 15) is 0 Å². The summed E-state index contributed by atoms with van der Waals surface area (Å²) < 4.78 is 0. The predicted molar refractivity (Wildman–Crippen MR) is 47.7 cm³/mol. The van der Waals surface area contributed by atoms with E-state index in [0.29, 0.717) is 0 Å². The molecule has 0 saturated heterocycles. The molecule has 0 aliphatic heterocycles. The van der Waals surface area contributed by atoms with Gasteiger partial charge < -0.3 is 5.21 Å². The van der Waals surface area contributed by atoms with Crippen molar-refractivity contribution in [2.24, 2.45) is 5.92 Å². The molecule has 2 N–H and O–H groups in total. The first kappa shape index (κ1) is 10.9. The summed E-state index contributed by atoms with van der Waals surface area (Å²) in [4.78, 5) is 0. The SMILES string of the molecule is CCCCC(C)CCCNO. The fraction of sp³-hybridized carbons (Fsp3) is 1.00. The normalized spacial score (nSPS) is 13.4. The van der Waals surface area contributed by atoms with E-state index in [1.807, 2.05) is 0 Å². The van der Waals surface area contributed by atoms with Crippen LogP contribution in [0.1, 0.15) is 46.0 Å². The maximum Gasteiger partial charge on any atom is 0.0207 e. The fourth-order valence-electron chi connectivity index (χ4n) is 1.23. The van der Waals surface area contributed by atoms with Gasteiger partial charge in [0, 0.05) is 6.54 Å². The van der Waals surface area contributed by atoms with E-state index in [1.54, 1.807) is 0 Å². The van der Waals surface area contributed by atoms with Crippen LogP contribution in [0.15, 0.2) is 0 Å². The van der Waals surface area contributed by atoms with Crippen molar-refractivity contribution in [2.45, 2.75) is 46.0 Å². The zero-order chi connectivity index (χ0) is 8.53. The molecule has 0 rings (SSSR count). The smallest absolute Gasteiger partial charge is 0.0207 e. The van der Waals surface area contributed by atoms with Crippen LogP contribution in [-0.2, 0) is 0 Å². The number of unbranched alkanes of at least 4 members (excludes halogenated alkanes) is 1. The van der Waals surface area contributed by atoms with Crippen LogP contribution in [0.3, 0.4) is 0 Å². The van der Waals surface area contributed by atoms with Crippen LogP contribution in [0.25, 0.3) is 0 Å². The van der Waals surface area contributed by atoms with E-state index < -0.39 is 0 Å². The van der Waals surface area contributed by atoms with E-state index in [-0.39, 0.29) is 0 Å². The van der Waals surface area contributed by atoms with E-state index in [0.717, 1.165) is 18.9 Å². The summed E-state index contributed by atoms with van der Waals surface area (Å²) in [7, 11) is 0. The van der Waals surface area contributed by atoms with Gasteiger partial charge in [-0.05, 0) is 18.8 Å². The number of hydrogen-bond acceptors (Lipinski definition) is 2. The maximum absolute atomic E-state index is 8.31. The zero-order valence-corrected chi connectivity index (χ0v) is 7.77. The molecule has 0 aromatic carbocycles. The number of hydroxylamine groups is 1. The molecule has 0 fully saturated rings. The monoisotopic (exact) mass is 159 g/mol. The summed E-state index contributed by atoms with van der Waals surface area (Å²) in [6.45, 7) is 5.24. The lowest BCUT2D eigenvalue weighted by Crippen LogP contribution is -2.09. The highest BCUT2D eigenvalue weighted by molar-refractivity contribution is 4.53. The molecular formula is C9H21NO. The molecule has 68 valence electrons. The van der Waals surface area contributed by atoms with Crippen molar-refractivity contribution in [2.75, 3.05) is 6.54 Å². The van der Waals surface area contributed by atoms with Crippen molar-refractivity contribution in [3.8, 4) is 0 Å². The van der Waals surface area contributed by atoms with Gasteiger partial charge in [0.15, 0.2) is 0 Å². The first-order chi connectivity index (χ1) is 5.31. The minimum absolute atomic E-state index is 0.733. The van der Waals surface area contributed by atoms with Crippen molar-refractivity contribution in [1.29, 1.82) is 0 Å². The molecule has 0 aliphatic rings. The summed E-state index contributed by atoms with van der Waals surface area (Å²) in [5, 5.41) is 8.31. The maximum atomic E-state index is 8.31. The molecule has 2 heteroatoms. The molecule has 0 aromatic heterocycles. The topological polar surface area (TPSA) is 32.3 Å². The Hall–Kier alpha value is -0.0800. The van der Waals surface area contributed by atoms with E-state index in [4.69, 9.17) is 5.21 Å². The molecule has 1 atom stereocenters. The van der Waals surface area contributed by atoms with Crippen LogP contribution in [0, 0.1) is 5.92 Å². The molecule has 11 heavy (non-hydrogen) atoms. The average Bonchev–Trinajstić information content (AvgIpc) is 2.01. The lowest BCUT2D eigenvalue weighted by Gasteiger charge is -2.09. The number of nitrogens with one attached hydrogen (secondary N) is 1. The Balaban J connectivity index is 3.02. The predicted octanol–water partition coefficient (Wildman–Crippen LogP) is 2.57. The zero-order valence-electron chi connectivity index (χ0n) is 7.77. The Bertz CT molecular complexity index is 76.0. The number of hydrogen-bond donors (Lipinski definition) is 2. The second-order valence-corrected chi connectivity index (χ2v) is 3.30. The van der Waals surface area contributed by atoms with Crippen molar-refractivity contribution >= 4 is 0 Å². The van der Waals surface area contributed by atoms with Crippen molar-refractivity contribution in [3.05, 3.63) is 0 Å². The molecule has 0 spiro atoms. The Labute approximate surface area is 70.0 Å². The Morgan fingerprint density at radius 1 is 1.27 bits per heavy atom. The Morgan fingerprint density at radius 2 is 1.91 bits per heavy atom. The fourth-order valence-corrected chi connectivity index (χ4v) is 1.23. The third-order valence-corrected chi connectivity index (χ3v) is 2.04. The van der Waals surface area contributed by atoms with Gasteiger partial charge in [0.05, 0.1) is 0 Å². The van der Waals surface area contributed by atoms with E-state index in [1.165, 1.54) is 25.7 Å². The van der Waals surface area contributed by atoms with E-state index >= 15 is 0 Å². The van der Waals surface area contributed by atoms with E-state index in [2.05, 4.69) is 19.3 Å². The van der Waals surface area contributed by atoms with Crippen molar-refractivity contribution in [3.63, 3.8) is 0 Å². The molecule has 2 nitrogen and oxygen atoms in total. The van der Waals surface area contributed by atoms with Gasteiger partial charge >= 0.3 is 0 Å². The molecule has 0 radical (unpaired) electrons. The lowest BCUT2D eigenvalue weighted by molar-refractivity contribution is 0.163. The van der Waals surface area contributed by atoms with Gasteiger partial charge in [0.2, 0.25) is 0 Å². The van der Waals surface area contributed by atoms with Crippen LogP contribution in [0.2, 0.25) is 0 Å². The number of rotatable bonds is 7. The minimum Gasteiger partial charge on any atom is -0.317 e. The van der Waals surface area contributed by atoms with Gasteiger partial charge in [0.1, 0.15) is 0 Å². The van der Waals surface area contributed by atoms with Crippen LogP contribution < -0.4 is 5.48 Å². The highest BCUT2D eigenvalue weighted by atomic mass is 16.5. The molecule has 0 aliphatic carbocycles. The van der Waals surface area contributed by atoms with Gasteiger partial charge in [0.25, 0.3) is 0 Å². The van der Waals surface area contributed by atoms with Crippen molar-refractivity contribution in [1.82, 2.24) is 5.48 Å². The summed E-state index contributed by atoms with van der Waals surface area (Å²) in [5.74, 6) is 0.822. The van der Waals surface area contributed by atoms with Gasteiger partial charge in [-0.2, -0.15) is 0 Å². The molecule has 0 saturated carbocycles. The van der Waals surface area contributed by atoms with Crippen LogP contribution in [0.5, 0.6) is 0 Å². The Morgan fingerprint density at radius 3 is 2.45 bits per heavy atom. The molecule has 0 amide bonds. The lowest BCUT2D eigenvalue weighted by atomic mass is 9.99. The van der Waals surface area contributed by atoms with Gasteiger partial charge in [-0.1, -0.05) is 33.1 Å². The molecule has 1 unspecified atom stereocenters. The summed E-state index contributed by atoms with van der Waals surface area (Å²) in [5.41, 5.74) is 2.18. The minimum atomic E-state index is 0.733. The molecule has 0 heterocycles. The summed E-state index contributed by atoms with van der Waals surface area (Å²) >= 11 is 0. The molecule has 0 aromatic rings.